The van der Waals surface area contributed by atoms with Crippen molar-refractivity contribution in [1.82, 2.24) is 0 Å². The van der Waals surface area contributed by atoms with Crippen LogP contribution >= 0.6 is 11.8 Å². The number of thioether (sulfide) groups is 1. The van der Waals surface area contributed by atoms with E-state index in [1.807, 2.05) is 6.92 Å². The quantitative estimate of drug-likeness (QED) is 0.580. The standard InChI is InChI=1S/C8H14S/c1-4-7-9-8(5-2)6-3/h4-5,7H,6H2,1-3H3/b7-4-,8-5-. The highest BCUT2D eigenvalue weighted by Gasteiger charge is 1.86. The zero-order chi connectivity index (χ0) is 7.11. The molecule has 0 unspecified atom stereocenters. The Morgan fingerprint density at radius 3 is 2.44 bits per heavy atom. The average Bonchev–Trinajstić information content (AvgIpc) is 1.91. The lowest BCUT2D eigenvalue weighted by molar-refractivity contribution is 1.19. The van der Waals surface area contributed by atoms with Crippen LogP contribution in [0.4, 0.5) is 0 Å². The minimum atomic E-state index is 1.14. The molecule has 0 aliphatic heterocycles. The summed E-state index contributed by atoms with van der Waals surface area (Å²) in [6.45, 7) is 6.29. The van der Waals surface area contributed by atoms with Gasteiger partial charge in [0.15, 0.2) is 0 Å². The predicted octanol–water partition coefficient (Wildman–Crippen LogP) is 3.57. The second-order valence-electron chi connectivity index (χ2n) is 1.70. The molecule has 0 fully saturated rings. The maximum atomic E-state index is 2.17. The van der Waals surface area contributed by atoms with Gasteiger partial charge >= 0.3 is 0 Å². The molecule has 0 radical (unpaired) electrons. The van der Waals surface area contributed by atoms with E-state index < -0.39 is 0 Å². The summed E-state index contributed by atoms with van der Waals surface area (Å²) >= 11 is 1.80. The second-order valence-corrected chi connectivity index (χ2v) is 2.73. The Morgan fingerprint density at radius 2 is 2.11 bits per heavy atom. The average molecular weight is 142 g/mol. The smallest absolute Gasteiger partial charge is 0.0154 e. The Bertz CT molecular complexity index is 112. The van der Waals surface area contributed by atoms with E-state index in [-0.39, 0.29) is 0 Å². The molecule has 0 spiro atoms. The molecule has 1 heteroatoms. The van der Waals surface area contributed by atoms with E-state index in [0.717, 1.165) is 6.42 Å². The van der Waals surface area contributed by atoms with E-state index >= 15 is 0 Å². The summed E-state index contributed by atoms with van der Waals surface area (Å²) in [5.41, 5.74) is 0. The first-order chi connectivity index (χ1) is 4.35. The SMILES string of the molecule is C/C=C\S/C(=C\C)CC. The van der Waals surface area contributed by atoms with Crippen molar-refractivity contribution in [2.75, 3.05) is 0 Å². The minimum Gasteiger partial charge on any atom is -0.103 e. The third kappa shape index (κ3) is 4.34. The fraction of sp³-hybridized carbons (Fsp3) is 0.500. The van der Waals surface area contributed by atoms with Crippen molar-refractivity contribution in [3.8, 4) is 0 Å². The summed E-state index contributed by atoms with van der Waals surface area (Å²) in [4.78, 5) is 1.44. The summed E-state index contributed by atoms with van der Waals surface area (Å²) in [6.07, 6.45) is 5.36. The number of rotatable bonds is 3. The summed E-state index contributed by atoms with van der Waals surface area (Å²) in [5.74, 6) is 0. The predicted molar refractivity (Wildman–Crippen MR) is 46.5 cm³/mol. The lowest BCUT2D eigenvalue weighted by Gasteiger charge is -1.94. The van der Waals surface area contributed by atoms with Gasteiger partial charge in [-0.3, -0.25) is 0 Å². The lowest BCUT2D eigenvalue weighted by Crippen LogP contribution is -1.66. The summed E-state index contributed by atoms with van der Waals surface area (Å²) in [6, 6.07) is 0. The van der Waals surface area contributed by atoms with Crippen LogP contribution in [0.2, 0.25) is 0 Å². The first-order valence-electron chi connectivity index (χ1n) is 3.28. The van der Waals surface area contributed by atoms with Gasteiger partial charge in [0.05, 0.1) is 0 Å². The molecule has 0 aromatic heterocycles. The molecule has 0 amide bonds. The van der Waals surface area contributed by atoms with Gasteiger partial charge in [-0.15, -0.1) is 11.8 Å². The molecule has 0 rings (SSSR count). The molecule has 0 atom stereocenters. The molecule has 0 heterocycles. The van der Waals surface area contributed by atoms with Gasteiger partial charge in [0.1, 0.15) is 0 Å². The monoisotopic (exact) mass is 142 g/mol. The largest absolute Gasteiger partial charge is 0.103 e. The molecular formula is C8H14S. The third-order valence-electron chi connectivity index (χ3n) is 1.03. The normalized spacial score (nSPS) is 13.0. The molecule has 52 valence electrons. The van der Waals surface area contributed by atoms with Gasteiger partial charge in [-0.05, 0) is 30.6 Å². The van der Waals surface area contributed by atoms with Crippen LogP contribution in [-0.4, -0.2) is 0 Å². The number of hydrogen-bond acceptors (Lipinski definition) is 1. The highest BCUT2D eigenvalue weighted by atomic mass is 32.2. The van der Waals surface area contributed by atoms with Crippen LogP contribution in [0.5, 0.6) is 0 Å². The molecule has 0 nitrogen and oxygen atoms in total. The van der Waals surface area contributed by atoms with Crippen LogP contribution in [0, 0.1) is 0 Å². The fourth-order valence-corrected chi connectivity index (χ4v) is 1.12. The summed E-state index contributed by atoms with van der Waals surface area (Å²) in [7, 11) is 0. The second kappa shape index (κ2) is 5.96. The highest BCUT2D eigenvalue weighted by Crippen LogP contribution is 2.19. The van der Waals surface area contributed by atoms with E-state index in [1.54, 1.807) is 11.8 Å². The van der Waals surface area contributed by atoms with Crippen LogP contribution < -0.4 is 0 Å². The minimum absolute atomic E-state index is 1.14. The van der Waals surface area contributed by atoms with Crippen LogP contribution in [0.1, 0.15) is 27.2 Å². The van der Waals surface area contributed by atoms with Crippen LogP contribution in [0.3, 0.4) is 0 Å². The maximum absolute atomic E-state index is 2.17. The molecule has 0 bridgehead atoms. The Morgan fingerprint density at radius 1 is 1.44 bits per heavy atom. The van der Waals surface area contributed by atoms with Crippen molar-refractivity contribution < 1.29 is 0 Å². The first-order valence-corrected chi connectivity index (χ1v) is 4.16. The Balaban J connectivity index is 3.58. The van der Waals surface area contributed by atoms with Crippen LogP contribution in [0.15, 0.2) is 22.5 Å². The molecule has 0 aromatic rings. The fourth-order valence-electron chi connectivity index (χ4n) is 0.511. The zero-order valence-electron chi connectivity index (χ0n) is 6.35. The molecule has 0 aliphatic carbocycles. The van der Waals surface area contributed by atoms with Crippen molar-refractivity contribution in [3.05, 3.63) is 22.5 Å². The molecule has 9 heavy (non-hydrogen) atoms. The van der Waals surface area contributed by atoms with Gasteiger partial charge in [-0.1, -0.05) is 19.1 Å². The third-order valence-corrected chi connectivity index (χ3v) is 2.26. The number of allylic oxidation sites excluding steroid dienone is 3. The Kier molecular flexibility index (Phi) is 5.85. The Hall–Kier alpha value is -0.170. The van der Waals surface area contributed by atoms with E-state index in [2.05, 4.69) is 31.4 Å². The van der Waals surface area contributed by atoms with E-state index in [1.165, 1.54) is 4.91 Å². The van der Waals surface area contributed by atoms with E-state index in [0.29, 0.717) is 0 Å². The summed E-state index contributed by atoms with van der Waals surface area (Å²) < 4.78 is 0. The molecule has 0 saturated carbocycles. The van der Waals surface area contributed by atoms with Crippen molar-refractivity contribution in [2.24, 2.45) is 0 Å². The Labute approximate surface area is 62.0 Å². The van der Waals surface area contributed by atoms with Crippen molar-refractivity contribution >= 4 is 11.8 Å². The lowest BCUT2D eigenvalue weighted by atomic mass is 10.4. The van der Waals surface area contributed by atoms with Gasteiger partial charge in [0, 0.05) is 0 Å². The van der Waals surface area contributed by atoms with Crippen molar-refractivity contribution in [2.45, 2.75) is 27.2 Å². The van der Waals surface area contributed by atoms with E-state index in [9.17, 15) is 0 Å². The summed E-state index contributed by atoms with van der Waals surface area (Å²) in [5, 5.41) is 2.11. The topological polar surface area (TPSA) is 0 Å². The van der Waals surface area contributed by atoms with Crippen molar-refractivity contribution in [3.63, 3.8) is 0 Å². The molecule has 0 aliphatic rings. The van der Waals surface area contributed by atoms with Crippen LogP contribution in [0.25, 0.3) is 0 Å². The van der Waals surface area contributed by atoms with Gasteiger partial charge in [0.25, 0.3) is 0 Å². The molecule has 0 saturated heterocycles. The molecule has 0 N–H and O–H groups in total. The van der Waals surface area contributed by atoms with Gasteiger partial charge < -0.3 is 0 Å². The highest BCUT2D eigenvalue weighted by molar-refractivity contribution is 8.05. The first kappa shape index (κ1) is 8.83. The zero-order valence-corrected chi connectivity index (χ0v) is 7.16. The van der Waals surface area contributed by atoms with E-state index in [4.69, 9.17) is 0 Å². The molecular weight excluding hydrogens is 128 g/mol. The van der Waals surface area contributed by atoms with Gasteiger partial charge in [-0.25, -0.2) is 0 Å². The maximum Gasteiger partial charge on any atom is -0.0154 e. The number of hydrogen-bond donors (Lipinski definition) is 0. The van der Waals surface area contributed by atoms with Crippen molar-refractivity contribution in [1.29, 1.82) is 0 Å². The van der Waals surface area contributed by atoms with Gasteiger partial charge in [0.2, 0.25) is 0 Å². The molecule has 0 aromatic carbocycles. The van der Waals surface area contributed by atoms with Crippen LogP contribution in [-0.2, 0) is 0 Å². The van der Waals surface area contributed by atoms with Gasteiger partial charge in [-0.2, -0.15) is 0 Å².